The van der Waals surface area contributed by atoms with Crippen LogP contribution in [0.15, 0.2) is 0 Å². The lowest BCUT2D eigenvalue weighted by molar-refractivity contribution is 0.0605. The molecule has 0 unspecified atom stereocenters. The van der Waals surface area contributed by atoms with Gasteiger partial charge in [0.1, 0.15) is 0 Å². The molecule has 0 bridgehead atoms. The Hall–Kier alpha value is 0.207. The number of nitrogens with one attached hydrogen (secondary N) is 1. The Morgan fingerprint density at radius 2 is 1.47 bits per heavy atom. The van der Waals surface area contributed by atoms with E-state index in [0.29, 0.717) is 19.8 Å². The molecule has 104 valence electrons. The van der Waals surface area contributed by atoms with E-state index in [9.17, 15) is 4.57 Å². The van der Waals surface area contributed by atoms with Crippen LogP contribution in [0.3, 0.4) is 0 Å². The highest BCUT2D eigenvalue weighted by Gasteiger charge is 2.41. The summed E-state index contributed by atoms with van der Waals surface area (Å²) in [7, 11) is -7.00. The first-order valence-electron chi connectivity index (χ1n) is 5.60. The van der Waals surface area contributed by atoms with Crippen molar-refractivity contribution in [2.75, 3.05) is 32.5 Å². The predicted molar refractivity (Wildman–Crippen MR) is 65.5 cm³/mol. The van der Waals surface area contributed by atoms with Gasteiger partial charge in [-0.3, -0.25) is 9.55 Å². The second-order valence-corrected chi connectivity index (χ2v) is 7.28. The molecule has 0 saturated carbocycles. The molecule has 0 rings (SSSR count). The third-order valence-electron chi connectivity index (χ3n) is 1.75. The molecule has 0 spiro atoms. The van der Waals surface area contributed by atoms with Crippen molar-refractivity contribution in [3.05, 3.63) is 0 Å². The van der Waals surface area contributed by atoms with Gasteiger partial charge in [-0.05, 0) is 20.8 Å². The van der Waals surface area contributed by atoms with Crippen LogP contribution in [0.4, 0.5) is 0 Å². The molecular formula is C8H22NO6PSi. The Morgan fingerprint density at radius 1 is 1.06 bits per heavy atom. The third kappa shape index (κ3) is 8.01. The van der Waals surface area contributed by atoms with Gasteiger partial charge in [0.2, 0.25) is 0 Å². The molecule has 0 aliphatic heterocycles. The summed E-state index contributed by atoms with van der Waals surface area (Å²) in [4.78, 5) is 20.4. The van der Waals surface area contributed by atoms with Crippen molar-refractivity contribution in [2.45, 2.75) is 20.8 Å². The minimum Gasteiger partial charge on any atom is -0.361 e. The van der Waals surface area contributed by atoms with Crippen molar-refractivity contribution in [3.8, 4) is 0 Å². The van der Waals surface area contributed by atoms with Crippen LogP contribution >= 0.6 is 7.60 Å². The predicted octanol–water partition coefficient (Wildman–Crippen LogP) is 0.299. The highest BCUT2D eigenvalue weighted by atomic mass is 31.2. The average Bonchev–Trinajstić information content (AvgIpc) is 2.16. The molecule has 0 aliphatic rings. The summed E-state index contributed by atoms with van der Waals surface area (Å²) in [5.74, 6) is 0. The van der Waals surface area contributed by atoms with Gasteiger partial charge in [-0.1, -0.05) is 0 Å². The average molecular weight is 287 g/mol. The Labute approximate surface area is 103 Å². The van der Waals surface area contributed by atoms with Gasteiger partial charge in [-0.15, -0.1) is 0 Å². The van der Waals surface area contributed by atoms with E-state index < -0.39 is 16.6 Å². The summed E-state index contributed by atoms with van der Waals surface area (Å²) in [5, 5.41) is 0. The summed E-state index contributed by atoms with van der Waals surface area (Å²) in [6.45, 7) is 6.76. The SMILES string of the molecule is CCO[Si](NCCP(=O)(O)O)(OCC)OCC. The van der Waals surface area contributed by atoms with Crippen LogP contribution in [0, 0.1) is 0 Å². The molecule has 0 aromatic heterocycles. The van der Waals surface area contributed by atoms with E-state index in [1.165, 1.54) is 0 Å². The molecule has 0 aliphatic carbocycles. The van der Waals surface area contributed by atoms with Gasteiger partial charge in [0, 0.05) is 26.4 Å². The molecule has 0 amide bonds. The maximum Gasteiger partial charge on any atom is 0.596 e. The monoisotopic (exact) mass is 287 g/mol. The minimum absolute atomic E-state index is 0.0938. The lowest BCUT2D eigenvalue weighted by Gasteiger charge is -2.28. The zero-order valence-electron chi connectivity index (χ0n) is 10.5. The minimum atomic E-state index is -4.02. The summed E-state index contributed by atoms with van der Waals surface area (Å²) in [5.41, 5.74) is 0. The Morgan fingerprint density at radius 3 is 1.76 bits per heavy atom. The van der Waals surface area contributed by atoms with E-state index in [1.807, 2.05) is 20.8 Å². The fourth-order valence-electron chi connectivity index (χ4n) is 1.20. The number of hydrogen-bond donors (Lipinski definition) is 3. The molecule has 0 fully saturated rings. The standard InChI is InChI=1S/C8H22NO6PSi/c1-4-13-17(14-5-2,15-6-3)9-7-8-16(10,11)12/h9H,4-8H2,1-3H3,(H2,10,11,12). The molecule has 3 N–H and O–H groups in total. The smallest absolute Gasteiger partial charge is 0.361 e. The Bertz CT molecular complexity index is 231. The topological polar surface area (TPSA) is 97.3 Å². The Kier molecular flexibility index (Phi) is 8.43. The second-order valence-electron chi connectivity index (χ2n) is 3.17. The van der Waals surface area contributed by atoms with Crippen molar-refractivity contribution in [3.63, 3.8) is 0 Å². The van der Waals surface area contributed by atoms with E-state index in [4.69, 9.17) is 23.1 Å². The molecule has 0 atom stereocenters. The maximum absolute atomic E-state index is 10.7. The maximum atomic E-state index is 10.7. The fraction of sp³-hybridized carbons (Fsp3) is 1.00. The molecule has 0 radical (unpaired) electrons. The van der Waals surface area contributed by atoms with Crippen molar-refractivity contribution >= 4 is 16.6 Å². The van der Waals surface area contributed by atoms with Gasteiger partial charge in [0.15, 0.2) is 0 Å². The fourth-order valence-corrected chi connectivity index (χ4v) is 3.94. The molecule has 7 nitrogen and oxygen atoms in total. The first-order chi connectivity index (χ1) is 7.89. The van der Waals surface area contributed by atoms with Crippen molar-refractivity contribution < 1.29 is 27.6 Å². The highest BCUT2D eigenvalue weighted by Crippen LogP contribution is 2.33. The van der Waals surface area contributed by atoms with Crippen molar-refractivity contribution in [2.24, 2.45) is 0 Å². The molecular weight excluding hydrogens is 265 g/mol. The van der Waals surface area contributed by atoms with E-state index in [1.54, 1.807) is 0 Å². The van der Waals surface area contributed by atoms with E-state index in [2.05, 4.69) is 4.98 Å². The van der Waals surface area contributed by atoms with Crippen LogP contribution in [0.2, 0.25) is 0 Å². The quantitative estimate of drug-likeness (QED) is 0.392. The molecule has 9 heteroatoms. The molecule has 0 saturated heterocycles. The largest absolute Gasteiger partial charge is 0.596 e. The molecule has 0 aromatic carbocycles. The highest BCUT2D eigenvalue weighted by molar-refractivity contribution is 7.51. The third-order valence-corrected chi connectivity index (χ3v) is 5.24. The van der Waals surface area contributed by atoms with Crippen LogP contribution in [0.25, 0.3) is 0 Å². The molecule has 0 aromatic rings. The first kappa shape index (κ1) is 17.2. The van der Waals surface area contributed by atoms with Crippen LogP contribution in [0.5, 0.6) is 0 Å². The summed E-state index contributed by atoms with van der Waals surface area (Å²) in [6.07, 6.45) is -0.269. The van der Waals surface area contributed by atoms with E-state index >= 15 is 0 Å². The van der Waals surface area contributed by atoms with E-state index in [0.717, 1.165) is 0 Å². The van der Waals surface area contributed by atoms with E-state index in [-0.39, 0.29) is 12.7 Å². The zero-order valence-corrected chi connectivity index (χ0v) is 12.4. The summed E-state index contributed by atoms with van der Waals surface area (Å²) in [6, 6.07) is 0. The molecule has 17 heavy (non-hydrogen) atoms. The van der Waals surface area contributed by atoms with Gasteiger partial charge >= 0.3 is 16.6 Å². The molecule has 0 heterocycles. The lowest BCUT2D eigenvalue weighted by atomic mass is 10.8. The van der Waals surface area contributed by atoms with Gasteiger partial charge in [-0.2, -0.15) is 0 Å². The first-order valence-corrected chi connectivity index (χ1v) is 9.12. The second kappa shape index (κ2) is 8.33. The van der Waals surface area contributed by atoms with Crippen LogP contribution in [0.1, 0.15) is 20.8 Å². The summed E-state index contributed by atoms with van der Waals surface area (Å²) < 4.78 is 27.1. The Balaban J connectivity index is 4.38. The van der Waals surface area contributed by atoms with Crippen LogP contribution in [-0.4, -0.2) is 51.3 Å². The number of rotatable bonds is 10. The van der Waals surface area contributed by atoms with Gasteiger partial charge in [0.25, 0.3) is 0 Å². The van der Waals surface area contributed by atoms with Gasteiger partial charge in [-0.25, -0.2) is 0 Å². The lowest BCUT2D eigenvalue weighted by Crippen LogP contribution is -2.59. The van der Waals surface area contributed by atoms with Crippen LogP contribution < -0.4 is 4.98 Å². The van der Waals surface area contributed by atoms with Gasteiger partial charge < -0.3 is 23.1 Å². The normalized spacial score (nSPS) is 13.0. The number of hydrogen-bond acceptors (Lipinski definition) is 5. The van der Waals surface area contributed by atoms with Crippen molar-refractivity contribution in [1.82, 2.24) is 4.98 Å². The summed E-state index contributed by atoms with van der Waals surface area (Å²) >= 11 is 0. The van der Waals surface area contributed by atoms with Crippen LogP contribution in [-0.2, 0) is 17.8 Å². The zero-order chi connectivity index (χ0) is 13.4. The van der Waals surface area contributed by atoms with Crippen molar-refractivity contribution in [1.29, 1.82) is 0 Å². The van der Waals surface area contributed by atoms with Gasteiger partial charge in [0.05, 0.1) is 6.16 Å².